The summed E-state index contributed by atoms with van der Waals surface area (Å²) in [6.07, 6.45) is 4.89. The van der Waals surface area contributed by atoms with Crippen LogP contribution in [0.4, 0.5) is 0 Å². The molecule has 0 bridgehead atoms. The summed E-state index contributed by atoms with van der Waals surface area (Å²) in [6, 6.07) is 3.90. The van der Waals surface area contributed by atoms with Gasteiger partial charge in [0.05, 0.1) is 0 Å². The Labute approximate surface area is 118 Å². The molecule has 2 heterocycles. The van der Waals surface area contributed by atoms with Gasteiger partial charge in [0.25, 0.3) is 0 Å². The fourth-order valence-corrected chi connectivity index (χ4v) is 2.17. The largest absolute Gasteiger partial charge is 0.342 e. The van der Waals surface area contributed by atoms with Gasteiger partial charge in [0, 0.05) is 58.1 Å². The van der Waals surface area contributed by atoms with Crippen LogP contribution < -0.4 is 5.32 Å². The average molecular weight is 276 g/mol. The highest BCUT2D eigenvalue weighted by Gasteiger charge is 2.19. The number of piperazine rings is 1. The van der Waals surface area contributed by atoms with Crippen LogP contribution in [0.15, 0.2) is 24.5 Å². The molecule has 1 saturated heterocycles. The van der Waals surface area contributed by atoms with Crippen LogP contribution in [0, 0.1) is 0 Å². The fourth-order valence-electron chi connectivity index (χ4n) is 2.17. The van der Waals surface area contributed by atoms with Gasteiger partial charge in [-0.15, -0.1) is 0 Å². The van der Waals surface area contributed by atoms with E-state index in [1.165, 1.54) is 0 Å². The number of pyridine rings is 1. The van der Waals surface area contributed by atoms with Gasteiger partial charge in [0.2, 0.25) is 12.3 Å². The van der Waals surface area contributed by atoms with Gasteiger partial charge in [0.15, 0.2) is 0 Å². The van der Waals surface area contributed by atoms with Gasteiger partial charge < -0.3 is 15.1 Å². The van der Waals surface area contributed by atoms with E-state index in [1.54, 1.807) is 11.1 Å². The van der Waals surface area contributed by atoms with Gasteiger partial charge in [-0.3, -0.25) is 14.6 Å². The molecule has 1 fully saturated rings. The molecule has 1 aromatic rings. The van der Waals surface area contributed by atoms with Crippen LogP contribution in [0.2, 0.25) is 0 Å². The summed E-state index contributed by atoms with van der Waals surface area (Å²) in [5, 5.41) is 3.24. The molecule has 0 atom stereocenters. The molecule has 0 aromatic carbocycles. The molecule has 1 N–H and O–H groups in total. The first-order chi connectivity index (χ1) is 9.79. The van der Waals surface area contributed by atoms with Crippen molar-refractivity contribution in [1.29, 1.82) is 0 Å². The number of nitrogens with zero attached hydrogens (tertiary/aromatic N) is 3. The lowest BCUT2D eigenvalue weighted by Gasteiger charge is -2.32. The van der Waals surface area contributed by atoms with E-state index >= 15 is 0 Å². The van der Waals surface area contributed by atoms with Crippen LogP contribution in [0.3, 0.4) is 0 Å². The Hall–Kier alpha value is -1.95. The zero-order chi connectivity index (χ0) is 14.2. The van der Waals surface area contributed by atoms with E-state index in [-0.39, 0.29) is 5.91 Å². The molecule has 0 aliphatic carbocycles. The van der Waals surface area contributed by atoms with E-state index in [9.17, 15) is 9.59 Å². The van der Waals surface area contributed by atoms with Crippen LogP contribution >= 0.6 is 0 Å². The third kappa shape index (κ3) is 4.31. The van der Waals surface area contributed by atoms with Gasteiger partial charge in [-0.25, -0.2) is 0 Å². The number of aromatic nitrogens is 1. The topological polar surface area (TPSA) is 65.5 Å². The molecule has 2 rings (SSSR count). The van der Waals surface area contributed by atoms with Gasteiger partial charge in [-0.2, -0.15) is 0 Å². The molecule has 1 aromatic heterocycles. The second-order valence-electron chi connectivity index (χ2n) is 4.81. The van der Waals surface area contributed by atoms with Crippen molar-refractivity contribution in [3.05, 3.63) is 30.1 Å². The fraction of sp³-hybridized carbons (Fsp3) is 0.500. The van der Waals surface area contributed by atoms with E-state index < -0.39 is 0 Å². The van der Waals surface area contributed by atoms with Crippen molar-refractivity contribution in [1.82, 2.24) is 20.1 Å². The van der Waals surface area contributed by atoms with Crippen molar-refractivity contribution in [2.24, 2.45) is 0 Å². The van der Waals surface area contributed by atoms with Crippen LogP contribution in [0.5, 0.6) is 0 Å². The minimum atomic E-state index is 0.147. The maximum absolute atomic E-state index is 12.0. The number of hydrogen-bond acceptors (Lipinski definition) is 4. The molecule has 0 spiro atoms. The average Bonchev–Trinajstić information content (AvgIpc) is 2.52. The summed E-state index contributed by atoms with van der Waals surface area (Å²) in [4.78, 5) is 30.1. The van der Waals surface area contributed by atoms with E-state index in [0.717, 1.165) is 18.5 Å². The molecular weight excluding hydrogens is 256 g/mol. The maximum atomic E-state index is 12.0. The number of nitrogens with one attached hydrogen (secondary N) is 1. The Morgan fingerprint density at radius 3 is 2.80 bits per heavy atom. The summed E-state index contributed by atoms with van der Waals surface area (Å²) < 4.78 is 0. The summed E-state index contributed by atoms with van der Waals surface area (Å²) in [5.41, 5.74) is 1.11. The Morgan fingerprint density at radius 1 is 1.35 bits per heavy atom. The highest BCUT2D eigenvalue weighted by molar-refractivity contribution is 5.76. The van der Waals surface area contributed by atoms with Crippen LogP contribution in [-0.2, 0) is 16.1 Å². The highest BCUT2D eigenvalue weighted by atomic mass is 16.2. The number of hydrogen-bond donors (Lipinski definition) is 1. The second-order valence-corrected chi connectivity index (χ2v) is 4.81. The third-order valence-electron chi connectivity index (χ3n) is 3.38. The Balaban J connectivity index is 1.62. The van der Waals surface area contributed by atoms with Crippen molar-refractivity contribution in [2.75, 3.05) is 32.7 Å². The first-order valence-corrected chi connectivity index (χ1v) is 6.86. The maximum Gasteiger partial charge on any atom is 0.223 e. The highest BCUT2D eigenvalue weighted by Crippen LogP contribution is 2.02. The second kappa shape index (κ2) is 7.59. The first-order valence-electron chi connectivity index (χ1n) is 6.86. The monoisotopic (exact) mass is 276 g/mol. The molecule has 6 heteroatoms. The number of carbonyl (C=O) groups excluding carboxylic acids is 2. The molecule has 2 amide bonds. The number of amides is 2. The molecule has 6 nitrogen and oxygen atoms in total. The van der Waals surface area contributed by atoms with E-state index in [0.29, 0.717) is 39.1 Å². The SMILES string of the molecule is O=CN1CCN(C(=O)CCNCc2cccnc2)CC1. The molecule has 1 aliphatic heterocycles. The van der Waals surface area contributed by atoms with Gasteiger partial charge in [-0.05, 0) is 11.6 Å². The summed E-state index contributed by atoms with van der Waals surface area (Å²) in [6.45, 7) is 3.93. The van der Waals surface area contributed by atoms with Crippen molar-refractivity contribution in [3.8, 4) is 0 Å². The molecular formula is C14H20N4O2. The van der Waals surface area contributed by atoms with E-state index in [1.807, 2.05) is 23.2 Å². The van der Waals surface area contributed by atoms with Crippen molar-refractivity contribution < 1.29 is 9.59 Å². The standard InChI is InChI=1S/C14H20N4O2/c19-12-17-6-8-18(9-7-17)14(20)3-5-16-11-13-2-1-4-15-10-13/h1-2,4,10,12,16H,3,5-9,11H2. The minimum absolute atomic E-state index is 0.147. The summed E-state index contributed by atoms with van der Waals surface area (Å²) in [7, 11) is 0. The van der Waals surface area contributed by atoms with Crippen LogP contribution in [0.1, 0.15) is 12.0 Å². The normalized spacial score (nSPS) is 15.2. The zero-order valence-electron chi connectivity index (χ0n) is 11.5. The molecule has 20 heavy (non-hydrogen) atoms. The predicted octanol–water partition coefficient (Wildman–Crippen LogP) is -0.138. The van der Waals surface area contributed by atoms with E-state index in [2.05, 4.69) is 10.3 Å². The summed E-state index contributed by atoms with van der Waals surface area (Å²) in [5.74, 6) is 0.147. The lowest BCUT2D eigenvalue weighted by atomic mass is 10.2. The quantitative estimate of drug-likeness (QED) is 0.580. The Kier molecular flexibility index (Phi) is 5.49. The predicted molar refractivity (Wildman–Crippen MR) is 74.8 cm³/mol. The Morgan fingerprint density at radius 2 is 2.15 bits per heavy atom. The third-order valence-corrected chi connectivity index (χ3v) is 3.38. The molecule has 1 aliphatic rings. The molecule has 0 saturated carbocycles. The lowest BCUT2D eigenvalue weighted by Crippen LogP contribution is -2.48. The number of rotatable bonds is 6. The minimum Gasteiger partial charge on any atom is -0.342 e. The van der Waals surface area contributed by atoms with Gasteiger partial charge >= 0.3 is 0 Å². The van der Waals surface area contributed by atoms with Crippen molar-refractivity contribution >= 4 is 12.3 Å². The lowest BCUT2D eigenvalue weighted by molar-refractivity contribution is -0.135. The summed E-state index contributed by atoms with van der Waals surface area (Å²) >= 11 is 0. The molecule has 0 unspecified atom stereocenters. The number of carbonyl (C=O) groups is 2. The van der Waals surface area contributed by atoms with Crippen molar-refractivity contribution in [3.63, 3.8) is 0 Å². The molecule has 108 valence electrons. The Bertz CT molecular complexity index is 430. The smallest absolute Gasteiger partial charge is 0.223 e. The van der Waals surface area contributed by atoms with Crippen LogP contribution in [0.25, 0.3) is 0 Å². The first kappa shape index (κ1) is 14.5. The zero-order valence-corrected chi connectivity index (χ0v) is 11.5. The van der Waals surface area contributed by atoms with Crippen molar-refractivity contribution in [2.45, 2.75) is 13.0 Å². The van der Waals surface area contributed by atoms with E-state index in [4.69, 9.17) is 0 Å². The van der Waals surface area contributed by atoms with Crippen LogP contribution in [-0.4, -0.2) is 59.8 Å². The van der Waals surface area contributed by atoms with Gasteiger partial charge in [-0.1, -0.05) is 6.07 Å². The van der Waals surface area contributed by atoms with Gasteiger partial charge in [0.1, 0.15) is 0 Å². The molecule has 0 radical (unpaired) electrons.